The maximum Gasteiger partial charge on any atom is 0.256 e. The van der Waals surface area contributed by atoms with Crippen molar-refractivity contribution in [2.45, 2.75) is 33.7 Å². The molecule has 0 unspecified atom stereocenters. The Morgan fingerprint density at radius 2 is 2.00 bits per heavy atom. The maximum absolute atomic E-state index is 13.2. The zero-order valence-electron chi connectivity index (χ0n) is 18.0. The van der Waals surface area contributed by atoms with Gasteiger partial charge in [-0.15, -0.1) is 22.7 Å². The van der Waals surface area contributed by atoms with Gasteiger partial charge in [0.25, 0.3) is 5.91 Å². The van der Waals surface area contributed by atoms with E-state index < -0.39 is 0 Å². The number of nitrogens with zero attached hydrogens (tertiary/aromatic N) is 2. The minimum Gasteiger partial charge on any atom is -0.313 e. The number of carbonyl (C=O) groups excluding carboxylic acids is 1. The first kappa shape index (κ1) is 20.4. The van der Waals surface area contributed by atoms with E-state index in [9.17, 15) is 4.79 Å². The van der Waals surface area contributed by atoms with Gasteiger partial charge in [0.2, 0.25) is 0 Å². The predicted molar refractivity (Wildman–Crippen MR) is 131 cm³/mol. The summed E-state index contributed by atoms with van der Waals surface area (Å²) in [6.45, 7) is 9.23. The monoisotopic (exact) mass is 447 g/mol. The first-order valence-corrected chi connectivity index (χ1v) is 12.3. The number of nitrogens with one attached hydrogen (secondary N) is 1. The number of fused-ring (bicyclic) bond motifs is 2. The van der Waals surface area contributed by atoms with Crippen LogP contribution in [0.5, 0.6) is 0 Å². The van der Waals surface area contributed by atoms with E-state index in [1.165, 1.54) is 15.1 Å². The van der Waals surface area contributed by atoms with E-state index in [4.69, 9.17) is 4.98 Å². The van der Waals surface area contributed by atoms with Crippen molar-refractivity contribution in [3.63, 3.8) is 0 Å². The fourth-order valence-electron chi connectivity index (χ4n) is 4.17. The van der Waals surface area contributed by atoms with Crippen LogP contribution in [0.25, 0.3) is 20.8 Å². The molecule has 4 aromatic rings. The average molecular weight is 448 g/mol. The smallest absolute Gasteiger partial charge is 0.256 e. The SMILES string of the molecule is CCN1CCc2c(sc(NC(=O)c3cc(C)ccc3C)c2-c2nc3ccccc3s2)C1. The molecule has 6 heteroatoms. The van der Waals surface area contributed by atoms with Crippen LogP contribution in [0.2, 0.25) is 0 Å². The quantitative estimate of drug-likeness (QED) is 0.401. The van der Waals surface area contributed by atoms with Crippen molar-refractivity contribution in [3.05, 3.63) is 69.6 Å². The molecule has 0 saturated carbocycles. The molecule has 0 bridgehead atoms. The highest BCUT2D eigenvalue weighted by Gasteiger charge is 2.27. The van der Waals surface area contributed by atoms with Gasteiger partial charge in [0.05, 0.1) is 10.2 Å². The van der Waals surface area contributed by atoms with Crippen molar-refractivity contribution in [1.82, 2.24) is 9.88 Å². The lowest BCUT2D eigenvalue weighted by Crippen LogP contribution is -2.29. The first-order valence-electron chi connectivity index (χ1n) is 10.6. The summed E-state index contributed by atoms with van der Waals surface area (Å²) in [7, 11) is 0. The Kier molecular flexibility index (Phi) is 5.38. The number of aryl methyl sites for hydroxylation is 2. The number of hydrogen-bond donors (Lipinski definition) is 1. The first-order chi connectivity index (χ1) is 15.0. The molecule has 158 valence electrons. The topological polar surface area (TPSA) is 45.2 Å². The molecule has 3 heterocycles. The van der Waals surface area contributed by atoms with Crippen LogP contribution in [-0.4, -0.2) is 28.9 Å². The Hall–Kier alpha value is -2.54. The highest BCUT2D eigenvalue weighted by Crippen LogP contribution is 2.45. The molecule has 2 aromatic carbocycles. The molecule has 0 fully saturated rings. The van der Waals surface area contributed by atoms with Crippen LogP contribution < -0.4 is 5.32 Å². The molecule has 0 saturated heterocycles. The Labute approximate surface area is 190 Å². The number of likely N-dealkylation sites (N-methyl/N-ethyl adjacent to an activating group) is 1. The second kappa shape index (κ2) is 8.19. The zero-order valence-corrected chi connectivity index (χ0v) is 19.6. The summed E-state index contributed by atoms with van der Waals surface area (Å²) in [6, 6.07) is 14.3. The van der Waals surface area contributed by atoms with Crippen LogP contribution in [0.3, 0.4) is 0 Å². The second-order valence-corrected chi connectivity index (χ2v) is 10.2. The largest absolute Gasteiger partial charge is 0.313 e. The van der Waals surface area contributed by atoms with Crippen LogP contribution in [-0.2, 0) is 13.0 Å². The maximum atomic E-state index is 13.2. The lowest BCUT2D eigenvalue weighted by molar-refractivity contribution is 0.102. The van der Waals surface area contributed by atoms with Crippen LogP contribution in [0.1, 0.15) is 38.8 Å². The molecule has 0 aliphatic carbocycles. The van der Waals surface area contributed by atoms with E-state index in [0.717, 1.165) is 63.8 Å². The van der Waals surface area contributed by atoms with E-state index in [-0.39, 0.29) is 5.91 Å². The van der Waals surface area contributed by atoms with E-state index in [2.05, 4.69) is 35.3 Å². The summed E-state index contributed by atoms with van der Waals surface area (Å²) in [5.74, 6) is -0.0468. The van der Waals surface area contributed by atoms with Gasteiger partial charge in [-0.2, -0.15) is 0 Å². The predicted octanol–water partition coefficient (Wildman–Crippen LogP) is 6.27. The third-order valence-electron chi connectivity index (χ3n) is 5.96. The Morgan fingerprint density at radius 1 is 1.16 bits per heavy atom. The highest BCUT2D eigenvalue weighted by atomic mass is 32.1. The van der Waals surface area contributed by atoms with Crippen molar-refractivity contribution in [2.75, 3.05) is 18.4 Å². The molecule has 1 aliphatic rings. The number of benzene rings is 2. The number of amides is 1. The van der Waals surface area contributed by atoms with E-state index >= 15 is 0 Å². The minimum atomic E-state index is -0.0468. The Balaban J connectivity index is 1.60. The number of rotatable bonds is 4. The van der Waals surface area contributed by atoms with Crippen molar-refractivity contribution < 1.29 is 4.79 Å². The minimum absolute atomic E-state index is 0.0468. The van der Waals surface area contributed by atoms with Crippen molar-refractivity contribution >= 4 is 43.8 Å². The molecule has 1 aliphatic heterocycles. The molecule has 31 heavy (non-hydrogen) atoms. The third-order valence-corrected chi connectivity index (χ3v) is 8.14. The number of carbonyl (C=O) groups is 1. The summed E-state index contributed by atoms with van der Waals surface area (Å²) in [5, 5.41) is 5.18. The molecular formula is C25H25N3OS2. The molecule has 5 rings (SSSR count). The van der Waals surface area contributed by atoms with E-state index in [1.807, 2.05) is 38.1 Å². The number of anilines is 1. The summed E-state index contributed by atoms with van der Waals surface area (Å²) in [5.41, 5.74) is 6.30. The van der Waals surface area contributed by atoms with Gasteiger partial charge in [-0.1, -0.05) is 36.8 Å². The fourth-order valence-corrected chi connectivity index (χ4v) is 6.57. The highest BCUT2D eigenvalue weighted by molar-refractivity contribution is 7.23. The molecule has 0 radical (unpaired) electrons. The van der Waals surface area contributed by atoms with Gasteiger partial charge >= 0.3 is 0 Å². The van der Waals surface area contributed by atoms with E-state index in [0.29, 0.717) is 0 Å². The number of thiophene rings is 1. The molecule has 1 N–H and O–H groups in total. The van der Waals surface area contributed by atoms with Crippen molar-refractivity contribution in [1.29, 1.82) is 0 Å². The van der Waals surface area contributed by atoms with Gasteiger partial charge in [-0.25, -0.2) is 4.98 Å². The number of aromatic nitrogens is 1. The molecule has 1 amide bonds. The van der Waals surface area contributed by atoms with Crippen LogP contribution >= 0.6 is 22.7 Å². The van der Waals surface area contributed by atoms with Gasteiger partial charge in [0.15, 0.2) is 0 Å². The van der Waals surface area contributed by atoms with Crippen molar-refractivity contribution in [2.24, 2.45) is 0 Å². The number of para-hydroxylation sites is 1. The molecule has 4 nitrogen and oxygen atoms in total. The number of hydrogen-bond acceptors (Lipinski definition) is 5. The molecule has 0 spiro atoms. The summed E-state index contributed by atoms with van der Waals surface area (Å²) in [6.07, 6.45) is 0.990. The standard InChI is InChI=1S/C25H25N3OS2/c1-4-28-12-11-17-21(14-28)31-25(27-23(29)18-13-15(2)9-10-16(18)3)22(17)24-26-19-7-5-6-8-20(19)30-24/h5-10,13H,4,11-12,14H2,1-3H3,(H,27,29). The Bertz CT molecular complexity index is 1250. The normalized spacial score (nSPS) is 14.0. The summed E-state index contributed by atoms with van der Waals surface area (Å²) < 4.78 is 1.18. The molecule has 2 aromatic heterocycles. The second-order valence-electron chi connectivity index (χ2n) is 8.09. The van der Waals surface area contributed by atoms with Crippen LogP contribution in [0.4, 0.5) is 5.00 Å². The van der Waals surface area contributed by atoms with E-state index in [1.54, 1.807) is 22.7 Å². The van der Waals surface area contributed by atoms with Crippen molar-refractivity contribution in [3.8, 4) is 10.6 Å². The van der Waals surface area contributed by atoms with Gasteiger partial charge in [-0.05, 0) is 56.1 Å². The van der Waals surface area contributed by atoms with Crippen LogP contribution in [0.15, 0.2) is 42.5 Å². The van der Waals surface area contributed by atoms with Gasteiger partial charge in [0.1, 0.15) is 10.0 Å². The summed E-state index contributed by atoms with van der Waals surface area (Å²) >= 11 is 3.42. The third kappa shape index (κ3) is 3.80. The zero-order chi connectivity index (χ0) is 21.5. The lowest BCUT2D eigenvalue weighted by Gasteiger charge is -2.25. The molecule has 0 atom stereocenters. The average Bonchev–Trinajstić information content (AvgIpc) is 3.35. The molecular weight excluding hydrogens is 422 g/mol. The Morgan fingerprint density at radius 3 is 2.81 bits per heavy atom. The van der Waals surface area contributed by atoms with Crippen LogP contribution in [0, 0.1) is 13.8 Å². The van der Waals surface area contributed by atoms with Gasteiger partial charge in [-0.3, -0.25) is 9.69 Å². The lowest BCUT2D eigenvalue weighted by atomic mass is 10.0. The summed E-state index contributed by atoms with van der Waals surface area (Å²) in [4.78, 5) is 22.0. The van der Waals surface area contributed by atoms with Gasteiger partial charge < -0.3 is 5.32 Å². The van der Waals surface area contributed by atoms with Gasteiger partial charge in [0, 0.05) is 29.1 Å². The number of thiazole rings is 1. The fraction of sp³-hybridized carbons (Fsp3) is 0.280.